The van der Waals surface area contributed by atoms with E-state index in [9.17, 15) is 6.85 Å². The van der Waals surface area contributed by atoms with Gasteiger partial charge in [-0.2, -0.15) is 9.97 Å². The summed E-state index contributed by atoms with van der Waals surface area (Å²) in [5.41, 5.74) is 9.43. The largest absolute Gasteiger partial charge is 0.307 e. The first kappa shape index (κ1) is 28.9. The van der Waals surface area contributed by atoms with Gasteiger partial charge in [0.05, 0.1) is 31.7 Å². The van der Waals surface area contributed by atoms with E-state index in [1.54, 1.807) is 10.6 Å². The molecule has 0 fully saturated rings. The van der Waals surface area contributed by atoms with E-state index in [4.69, 9.17) is 17.7 Å². The Morgan fingerprint density at radius 3 is 1.45 bits per heavy atom. The molecule has 0 radical (unpaired) electrons. The summed E-state index contributed by atoms with van der Waals surface area (Å²) >= 11 is 0. The van der Waals surface area contributed by atoms with Crippen LogP contribution in [0.1, 0.15) is 9.60 Å². The van der Waals surface area contributed by atoms with Gasteiger partial charge in [0.15, 0.2) is 11.6 Å². The summed E-state index contributed by atoms with van der Waals surface area (Å²) < 4.78 is 68.8. The third-order valence-corrected chi connectivity index (χ3v) is 11.4. The second kappa shape index (κ2) is 14.7. The third kappa shape index (κ3) is 5.98. The van der Waals surface area contributed by atoms with Gasteiger partial charge in [0.1, 0.15) is 0 Å². The van der Waals surface area contributed by atoms with Crippen LogP contribution in [-0.4, -0.2) is 24.1 Å². The van der Waals surface area contributed by atoms with Crippen LogP contribution in [0.4, 0.5) is 0 Å². The molecule has 12 rings (SSSR count). The summed E-state index contributed by atoms with van der Waals surface area (Å²) in [6, 6.07) is 57.4. The van der Waals surface area contributed by atoms with Gasteiger partial charge < -0.3 is 4.57 Å². The molecule has 5 nitrogen and oxygen atoms in total. The van der Waals surface area contributed by atoms with Crippen LogP contribution < -0.4 is 0 Å². The summed E-state index contributed by atoms with van der Waals surface area (Å²) in [6.07, 6.45) is 0. The Morgan fingerprint density at radius 2 is 0.790 bits per heavy atom. The maximum absolute atomic E-state index is 9.75. The summed E-state index contributed by atoms with van der Waals surface area (Å²) in [7, 11) is 0. The maximum atomic E-state index is 9.75. The van der Waals surface area contributed by atoms with Gasteiger partial charge in [0.25, 0.3) is 0 Å². The van der Waals surface area contributed by atoms with Gasteiger partial charge in [0.2, 0.25) is 5.95 Å². The zero-order valence-corrected chi connectivity index (χ0v) is 33.1. The van der Waals surface area contributed by atoms with Crippen molar-refractivity contribution in [3.05, 3.63) is 224 Å². The van der Waals surface area contributed by atoms with Gasteiger partial charge in [-0.3, -0.25) is 4.57 Å². The maximum Gasteiger partial charge on any atom is 0.238 e. The summed E-state index contributed by atoms with van der Waals surface area (Å²) in [6.45, 7) is 0. The number of benzene rings is 9. The van der Waals surface area contributed by atoms with Crippen LogP contribution in [0, 0.1) is 0 Å². The normalized spacial score (nSPS) is 13.1. The lowest BCUT2D eigenvalue weighted by Gasteiger charge is -2.14. The van der Waals surface area contributed by atoms with E-state index in [0.717, 1.165) is 33.4 Å². The predicted octanol–water partition coefficient (Wildman–Crippen LogP) is 14.4. The van der Waals surface area contributed by atoms with Crippen molar-refractivity contribution in [3.63, 3.8) is 0 Å². The molecule has 9 aromatic carbocycles. The average molecular weight is 799 g/mol. The standard InChI is InChI=1S/C57H37N5/c1-4-16-38(17-5-1)40-30-32-42(33-31-40)56-58-55(41-20-8-3-9-21-41)59-57(60-56)62-52-29-13-11-27-48(52)50-35-34-49-47-26-10-12-28-51(47)61(53(49)54(50)62)46-25-15-24-45(37-46)44-23-14-22-43(36-44)39-18-6-2-7-19-39/h1-37H/i10D,11D,26D,27D,28D,29D,35D. The van der Waals surface area contributed by atoms with Gasteiger partial charge in [-0.25, -0.2) is 4.98 Å². The van der Waals surface area contributed by atoms with Crippen molar-refractivity contribution in [2.24, 2.45) is 0 Å². The Labute approximate surface area is 368 Å². The Balaban J connectivity index is 1.21. The van der Waals surface area contributed by atoms with Crippen LogP contribution in [-0.2, 0) is 0 Å². The number of fused-ring (bicyclic) bond motifs is 7. The van der Waals surface area contributed by atoms with Crippen LogP contribution in [0.25, 0.3) is 111 Å². The zero-order valence-electron chi connectivity index (χ0n) is 40.1. The predicted molar refractivity (Wildman–Crippen MR) is 256 cm³/mol. The molecule has 0 unspecified atom stereocenters. The van der Waals surface area contributed by atoms with Crippen LogP contribution in [0.15, 0.2) is 224 Å². The summed E-state index contributed by atoms with van der Waals surface area (Å²) in [5, 5.41) is 1.21. The Hall–Kier alpha value is -8.41. The minimum atomic E-state index is -0.183. The molecule has 12 aromatic rings. The van der Waals surface area contributed by atoms with Crippen LogP contribution in [0.2, 0.25) is 0 Å². The molecule has 3 aromatic heterocycles. The fourth-order valence-electron chi connectivity index (χ4n) is 8.54. The highest BCUT2D eigenvalue weighted by molar-refractivity contribution is 6.23. The molecule has 0 amide bonds. The first-order valence-corrected chi connectivity index (χ1v) is 20.4. The summed E-state index contributed by atoms with van der Waals surface area (Å²) in [4.78, 5) is 15.3. The Kier molecular flexibility index (Phi) is 6.86. The van der Waals surface area contributed by atoms with Gasteiger partial charge in [0, 0.05) is 38.4 Å². The topological polar surface area (TPSA) is 48.5 Å². The number of nitrogens with zero attached hydrogens (tertiary/aromatic N) is 5. The molecule has 0 bridgehead atoms. The molecule has 3 heterocycles. The minimum absolute atomic E-state index is 0.00425. The van der Waals surface area contributed by atoms with Crippen molar-refractivity contribution in [3.8, 4) is 67.8 Å². The lowest BCUT2D eigenvalue weighted by molar-refractivity contribution is 0.953. The molecule has 0 aliphatic carbocycles. The van der Waals surface area contributed by atoms with Crippen molar-refractivity contribution >= 4 is 43.6 Å². The number of para-hydroxylation sites is 2. The molecule has 0 aliphatic heterocycles. The molecule has 0 spiro atoms. The molecule has 290 valence electrons. The fraction of sp³-hybridized carbons (Fsp3) is 0. The number of rotatable bonds is 7. The molecule has 0 N–H and O–H groups in total. The van der Waals surface area contributed by atoms with Crippen LogP contribution in [0.3, 0.4) is 0 Å². The average Bonchev–Trinajstić information content (AvgIpc) is 3.94. The van der Waals surface area contributed by atoms with Crippen LogP contribution >= 0.6 is 0 Å². The van der Waals surface area contributed by atoms with Gasteiger partial charge in [-0.05, 0) is 63.7 Å². The van der Waals surface area contributed by atoms with E-state index < -0.39 is 0 Å². The first-order chi connectivity index (χ1) is 33.6. The zero-order chi connectivity index (χ0) is 47.1. The molecule has 62 heavy (non-hydrogen) atoms. The lowest BCUT2D eigenvalue weighted by atomic mass is 9.99. The van der Waals surface area contributed by atoms with Gasteiger partial charge in [-0.1, -0.05) is 194 Å². The highest BCUT2D eigenvalue weighted by Gasteiger charge is 2.23. The second-order valence-corrected chi connectivity index (χ2v) is 15.1. The lowest BCUT2D eigenvalue weighted by Crippen LogP contribution is -2.07. The van der Waals surface area contributed by atoms with Crippen molar-refractivity contribution in [1.29, 1.82) is 0 Å². The van der Waals surface area contributed by atoms with Crippen molar-refractivity contribution < 1.29 is 9.60 Å². The smallest absolute Gasteiger partial charge is 0.238 e. The minimum Gasteiger partial charge on any atom is -0.307 e. The Bertz CT molecular complexity index is 4020. The van der Waals surface area contributed by atoms with Gasteiger partial charge >= 0.3 is 0 Å². The molecular formula is C57H37N5. The molecule has 0 atom stereocenters. The summed E-state index contributed by atoms with van der Waals surface area (Å²) in [5.74, 6) is 0.788. The SMILES string of the molecule is [2H]c1cc([2H])c2c(c1[2H])c1cc([2H])c3c4c([2H])c([2H])cc([2H])c4n(-c4nc(-c5ccccc5)nc(-c5ccc(-c6ccccc6)cc5)n4)c3c1n2-c1cccc(-c2cccc(-c3ccccc3)c2)c1. The molecule has 5 heteroatoms. The monoisotopic (exact) mass is 798 g/mol. The Morgan fingerprint density at radius 1 is 0.323 bits per heavy atom. The second-order valence-electron chi connectivity index (χ2n) is 15.1. The quantitative estimate of drug-likeness (QED) is 0.161. The number of hydrogen-bond donors (Lipinski definition) is 0. The third-order valence-electron chi connectivity index (χ3n) is 11.4. The van der Waals surface area contributed by atoms with Crippen molar-refractivity contribution in [1.82, 2.24) is 24.1 Å². The van der Waals surface area contributed by atoms with E-state index >= 15 is 0 Å². The highest BCUT2D eigenvalue weighted by Crippen LogP contribution is 2.42. The van der Waals surface area contributed by atoms with E-state index in [0.29, 0.717) is 55.8 Å². The molecular weight excluding hydrogens is 755 g/mol. The first-order valence-electron chi connectivity index (χ1n) is 23.9. The molecule has 0 aliphatic rings. The molecule has 0 saturated carbocycles. The van der Waals surface area contributed by atoms with E-state index in [1.807, 2.05) is 144 Å². The van der Waals surface area contributed by atoms with Crippen LogP contribution in [0.5, 0.6) is 0 Å². The number of aromatic nitrogens is 5. The van der Waals surface area contributed by atoms with E-state index in [-0.39, 0.29) is 64.5 Å². The molecule has 0 saturated heterocycles. The van der Waals surface area contributed by atoms with E-state index in [1.165, 1.54) is 12.1 Å². The van der Waals surface area contributed by atoms with E-state index in [2.05, 4.69) is 24.3 Å². The van der Waals surface area contributed by atoms with Gasteiger partial charge in [-0.15, -0.1) is 0 Å². The van der Waals surface area contributed by atoms with Crippen molar-refractivity contribution in [2.45, 2.75) is 0 Å². The van der Waals surface area contributed by atoms with Crippen molar-refractivity contribution in [2.75, 3.05) is 0 Å². The highest BCUT2D eigenvalue weighted by atomic mass is 15.2. The number of hydrogen-bond acceptors (Lipinski definition) is 3. The fourth-order valence-corrected chi connectivity index (χ4v) is 8.54.